The van der Waals surface area contributed by atoms with Gasteiger partial charge in [-0.25, -0.2) is 4.68 Å². The number of thioether (sulfide) groups is 1. The maximum Gasteiger partial charge on any atom is 0.293 e. The number of nitrogens with zero attached hydrogens (tertiary/aromatic N) is 3. The Kier molecular flexibility index (Phi) is 5.81. The number of benzene rings is 2. The van der Waals surface area contributed by atoms with Crippen LogP contribution in [0.25, 0.3) is 11.8 Å². The summed E-state index contributed by atoms with van der Waals surface area (Å²) in [5.74, 6) is 0.572. The van der Waals surface area contributed by atoms with Crippen molar-refractivity contribution in [2.24, 2.45) is 0 Å². The van der Waals surface area contributed by atoms with E-state index in [1.54, 1.807) is 47.3 Å². The van der Waals surface area contributed by atoms with Gasteiger partial charge in [0.25, 0.3) is 17.1 Å². The lowest BCUT2D eigenvalue weighted by Gasteiger charge is -2.13. The van der Waals surface area contributed by atoms with Crippen molar-refractivity contribution >= 4 is 34.9 Å². The van der Waals surface area contributed by atoms with Gasteiger partial charge in [0, 0.05) is 30.5 Å². The van der Waals surface area contributed by atoms with Crippen molar-refractivity contribution in [2.75, 3.05) is 19.9 Å². The van der Waals surface area contributed by atoms with Gasteiger partial charge in [-0.2, -0.15) is 5.10 Å². The molecule has 0 radical (unpaired) electrons. The zero-order valence-electron chi connectivity index (χ0n) is 18.2. The van der Waals surface area contributed by atoms with Crippen molar-refractivity contribution in [2.45, 2.75) is 6.92 Å². The highest BCUT2D eigenvalue weighted by atomic mass is 32.2. The van der Waals surface area contributed by atoms with Crippen LogP contribution in [0.5, 0.6) is 11.5 Å². The summed E-state index contributed by atoms with van der Waals surface area (Å²) in [7, 11) is 0. The molecule has 0 unspecified atom stereocenters. The smallest absolute Gasteiger partial charge is 0.293 e. The number of imide groups is 1. The molecule has 5 rings (SSSR count). The molecule has 3 amide bonds. The van der Waals surface area contributed by atoms with Crippen molar-refractivity contribution in [1.82, 2.24) is 20.0 Å². The third-order valence-electron chi connectivity index (χ3n) is 5.39. The number of carbonyl (C=O) groups excluding carboxylic acids is 3. The first kappa shape index (κ1) is 21.8. The molecule has 10 heteroatoms. The lowest BCUT2D eigenvalue weighted by molar-refractivity contribution is -0.122. The number of amides is 3. The Labute approximate surface area is 199 Å². The van der Waals surface area contributed by atoms with E-state index >= 15 is 0 Å². The van der Waals surface area contributed by atoms with Gasteiger partial charge >= 0.3 is 0 Å². The van der Waals surface area contributed by atoms with Crippen LogP contribution >= 0.6 is 11.8 Å². The van der Waals surface area contributed by atoms with E-state index in [9.17, 15) is 14.4 Å². The number of hydrogen-bond donors (Lipinski definition) is 1. The van der Waals surface area contributed by atoms with E-state index in [4.69, 9.17) is 9.47 Å². The van der Waals surface area contributed by atoms with E-state index in [0.717, 1.165) is 33.6 Å². The Morgan fingerprint density at radius 3 is 2.68 bits per heavy atom. The van der Waals surface area contributed by atoms with Gasteiger partial charge in [0.15, 0.2) is 11.5 Å². The fourth-order valence-corrected chi connectivity index (χ4v) is 4.49. The Bertz CT molecular complexity index is 1320. The standard InChI is InChI=1S/C24H20N4O5S/c1-15-8-9-26-28(15)18-5-3-17(4-6-18)22(29)25-10-11-27-23(30)21(34-24(27)31)13-16-2-7-19-20(12-16)33-14-32-19/h2-9,12-13H,10-11,14H2,1H3,(H,25,29)/b21-13-. The minimum absolute atomic E-state index is 0.0828. The summed E-state index contributed by atoms with van der Waals surface area (Å²) < 4.78 is 12.4. The lowest BCUT2D eigenvalue weighted by Crippen LogP contribution is -2.37. The van der Waals surface area contributed by atoms with Gasteiger partial charge in [-0.15, -0.1) is 0 Å². The molecule has 0 spiro atoms. The third kappa shape index (κ3) is 4.27. The largest absolute Gasteiger partial charge is 0.454 e. The highest BCUT2D eigenvalue weighted by Gasteiger charge is 2.34. The topological polar surface area (TPSA) is 103 Å². The van der Waals surface area contributed by atoms with Crippen molar-refractivity contribution in [3.8, 4) is 17.2 Å². The molecule has 3 heterocycles. The normalized spacial score (nSPS) is 15.9. The third-order valence-corrected chi connectivity index (χ3v) is 6.30. The molecule has 1 N–H and O–H groups in total. The fraction of sp³-hybridized carbons (Fsp3) is 0.167. The quantitative estimate of drug-likeness (QED) is 0.544. The van der Waals surface area contributed by atoms with Crippen molar-refractivity contribution in [3.63, 3.8) is 0 Å². The Morgan fingerprint density at radius 1 is 1.12 bits per heavy atom. The molecule has 2 aliphatic rings. The van der Waals surface area contributed by atoms with Crippen molar-refractivity contribution in [3.05, 3.63) is 76.5 Å². The predicted octanol–water partition coefficient (Wildman–Crippen LogP) is 3.38. The number of nitrogens with one attached hydrogen (secondary N) is 1. The average molecular weight is 477 g/mol. The molecule has 0 bridgehead atoms. The molecule has 1 saturated heterocycles. The highest BCUT2D eigenvalue weighted by molar-refractivity contribution is 8.18. The average Bonchev–Trinajstić information content (AvgIpc) is 3.54. The molecule has 0 aliphatic carbocycles. The zero-order valence-corrected chi connectivity index (χ0v) is 19.0. The molecular formula is C24H20N4O5S. The summed E-state index contributed by atoms with van der Waals surface area (Å²) in [4.78, 5) is 39.0. The Balaban J connectivity index is 1.17. The molecule has 9 nitrogen and oxygen atoms in total. The first-order chi connectivity index (χ1) is 16.5. The number of hydrogen-bond acceptors (Lipinski definition) is 7. The predicted molar refractivity (Wildman–Crippen MR) is 126 cm³/mol. The first-order valence-corrected chi connectivity index (χ1v) is 11.4. The van der Waals surface area contributed by atoms with E-state index in [1.165, 1.54) is 0 Å². The van der Waals surface area contributed by atoms with E-state index in [2.05, 4.69) is 10.4 Å². The summed E-state index contributed by atoms with van der Waals surface area (Å²) >= 11 is 0.872. The van der Waals surface area contributed by atoms with Crippen LogP contribution in [-0.4, -0.2) is 51.6 Å². The molecule has 34 heavy (non-hydrogen) atoms. The van der Waals surface area contributed by atoms with Gasteiger partial charge in [0.1, 0.15) is 0 Å². The summed E-state index contributed by atoms with van der Waals surface area (Å²) in [6, 6.07) is 14.3. The second-order valence-corrected chi connectivity index (χ2v) is 8.63. The maximum absolute atomic E-state index is 12.7. The summed E-state index contributed by atoms with van der Waals surface area (Å²) in [6.45, 7) is 2.34. The second kappa shape index (κ2) is 9.06. The fourth-order valence-electron chi connectivity index (χ4n) is 3.62. The number of carbonyl (C=O) groups is 3. The van der Waals surface area contributed by atoms with Gasteiger partial charge in [0.05, 0.1) is 10.6 Å². The SMILES string of the molecule is Cc1ccnn1-c1ccc(C(=O)NCCN2C(=O)S/C(=C\c3ccc4c(c3)OCO4)C2=O)cc1. The number of ether oxygens (including phenoxy) is 2. The zero-order chi connectivity index (χ0) is 23.7. The molecule has 0 atom stereocenters. The minimum atomic E-state index is -0.388. The van der Waals surface area contributed by atoms with Crippen molar-refractivity contribution < 1.29 is 23.9 Å². The van der Waals surface area contributed by atoms with Crippen LogP contribution in [0.2, 0.25) is 0 Å². The van der Waals surface area contributed by atoms with Crippen LogP contribution < -0.4 is 14.8 Å². The van der Waals surface area contributed by atoms with E-state index in [-0.39, 0.29) is 36.9 Å². The van der Waals surface area contributed by atoms with Gasteiger partial charge in [-0.1, -0.05) is 6.07 Å². The van der Waals surface area contributed by atoms with Gasteiger partial charge in [-0.3, -0.25) is 19.3 Å². The summed E-state index contributed by atoms with van der Waals surface area (Å²) in [5, 5.41) is 6.63. The van der Waals surface area contributed by atoms with E-state index in [1.807, 2.05) is 25.1 Å². The van der Waals surface area contributed by atoms with Crippen LogP contribution in [-0.2, 0) is 4.79 Å². The molecule has 1 fully saturated rings. The monoisotopic (exact) mass is 476 g/mol. The summed E-state index contributed by atoms with van der Waals surface area (Å²) in [6.07, 6.45) is 3.36. The molecular weight excluding hydrogens is 456 g/mol. The second-order valence-electron chi connectivity index (χ2n) is 7.63. The van der Waals surface area contributed by atoms with Crippen LogP contribution in [0.3, 0.4) is 0 Å². The number of fused-ring (bicyclic) bond motifs is 1. The van der Waals surface area contributed by atoms with Crippen molar-refractivity contribution in [1.29, 1.82) is 0 Å². The maximum atomic E-state index is 12.7. The van der Waals surface area contributed by atoms with Gasteiger partial charge in [-0.05, 0) is 72.8 Å². The molecule has 0 saturated carbocycles. The number of aryl methyl sites for hydroxylation is 1. The van der Waals surface area contributed by atoms with E-state index < -0.39 is 0 Å². The first-order valence-electron chi connectivity index (χ1n) is 10.5. The highest BCUT2D eigenvalue weighted by Crippen LogP contribution is 2.36. The molecule has 3 aromatic rings. The Morgan fingerprint density at radius 2 is 1.91 bits per heavy atom. The summed E-state index contributed by atoms with van der Waals surface area (Å²) in [5.41, 5.74) is 3.05. The van der Waals surface area contributed by atoms with Crippen LogP contribution in [0.4, 0.5) is 4.79 Å². The lowest BCUT2D eigenvalue weighted by atomic mass is 10.2. The number of rotatable bonds is 6. The van der Waals surface area contributed by atoms with Gasteiger partial charge in [0.2, 0.25) is 6.79 Å². The van der Waals surface area contributed by atoms with Gasteiger partial charge < -0.3 is 14.8 Å². The molecule has 2 aliphatic heterocycles. The molecule has 172 valence electrons. The van der Waals surface area contributed by atoms with Crippen LogP contribution in [0, 0.1) is 6.92 Å². The minimum Gasteiger partial charge on any atom is -0.454 e. The Hall–Kier alpha value is -4.05. The molecule has 1 aromatic heterocycles. The molecule has 2 aromatic carbocycles. The van der Waals surface area contributed by atoms with Crippen LogP contribution in [0.1, 0.15) is 21.6 Å². The number of aromatic nitrogens is 2. The van der Waals surface area contributed by atoms with Crippen LogP contribution in [0.15, 0.2) is 59.6 Å². The van der Waals surface area contributed by atoms with E-state index in [0.29, 0.717) is 22.0 Å².